The first-order valence-corrected chi connectivity index (χ1v) is 10.8. The molecule has 29 heavy (non-hydrogen) atoms. The van der Waals surface area contributed by atoms with Crippen LogP contribution in [0.3, 0.4) is 0 Å². The maximum absolute atomic E-state index is 12.6. The first kappa shape index (κ1) is 18.2. The summed E-state index contributed by atoms with van der Waals surface area (Å²) in [5, 5.41) is 18.5. The third-order valence-electron chi connectivity index (χ3n) is 5.68. The quantitative estimate of drug-likeness (QED) is 0.406. The van der Waals surface area contributed by atoms with Crippen LogP contribution in [-0.2, 0) is 12.8 Å². The molecule has 1 saturated carbocycles. The van der Waals surface area contributed by atoms with Crippen molar-refractivity contribution in [2.24, 2.45) is 7.05 Å². The number of hydrogen-bond donors (Lipinski definition) is 1. The molecule has 0 aliphatic heterocycles. The number of para-hydroxylation sites is 1. The van der Waals surface area contributed by atoms with Gasteiger partial charge in [0, 0.05) is 13.0 Å². The highest BCUT2D eigenvalue weighted by atomic mass is 32.2. The zero-order chi connectivity index (χ0) is 20.0. The van der Waals surface area contributed by atoms with Gasteiger partial charge in [-0.1, -0.05) is 43.2 Å². The summed E-state index contributed by atoms with van der Waals surface area (Å²) in [6.45, 7) is 0. The molecule has 3 heterocycles. The van der Waals surface area contributed by atoms with Crippen LogP contribution < -0.4 is 11.4 Å². The second kappa shape index (κ2) is 7.18. The van der Waals surface area contributed by atoms with E-state index in [2.05, 4.69) is 20.4 Å². The molecular formula is C19H22N8OS. The molecule has 0 atom stereocenters. The van der Waals surface area contributed by atoms with Crippen LogP contribution in [0.25, 0.3) is 16.7 Å². The maximum Gasteiger partial charge on any atom is 0.262 e. The van der Waals surface area contributed by atoms with Gasteiger partial charge in [-0.15, -0.1) is 20.4 Å². The lowest BCUT2D eigenvalue weighted by atomic mass is 9.89. The number of hydrogen-bond acceptors (Lipinski definition) is 7. The minimum Gasteiger partial charge on any atom is -0.336 e. The molecular weight excluding hydrogens is 388 g/mol. The van der Waals surface area contributed by atoms with Crippen molar-refractivity contribution in [2.45, 2.75) is 48.9 Å². The van der Waals surface area contributed by atoms with E-state index in [1.54, 1.807) is 11.7 Å². The zero-order valence-corrected chi connectivity index (χ0v) is 17.0. The van der Waals surface area contributed by atoms with Gasteiger partial charge in [0.1, 0.15) is 5.82 Å². The lowest BCUT2D eigenvalue weighted by molar-refractivity contribution is 0.421. The van der Waals surface area contributed by atoms with Crippen molar-refractivity contribution in [1.82, 2.24) is 34.0 Å². The van der Waals surface area contributed by atoms with Crippen molar-refractivity contribution in [3.05, 3.63) is 46.3 Å². The van der Waals surface area contributed by atoms with Gasteiger partial charge in [-0.05, 0) is 25.0 Å². The monoisotopic (exact) mass is 410 g/mol. The molecule has 2 N–H and O–H groups in total. The molecule has 4 aromatic rings. The second-order valence-corrected chi connectivity index (χ2v) is 8.41. The minimum atomic E-state index is -0.0847. The summed E-state index contributed by atoms with van der Waals surface area (Å²) in [7, 11) is 1.71. The van der Waals surface area contributed by atoms with Crippen molar-refractivity contribution < 1.29 is 0 Å². The SMILES string of the molecule is Cn1c(=O)c2ccccc2n2c(CSc3nnc(C4CCCCC4)n3N)nnc12. The predicted molar refractivity (Wildman–Crippen MR) is 111 cm³/mol. The Hall–Kier alpha value is -2.88. The number of nitrogen functional groups attached to an aromatic ring is 1. The third-order valence-corrected chi connectivity index (χ3v) is 6.62. The van der Waals surface area contributed by atoms with Crippen molar-refractivity contribution in [2.75, 3.05) is 5.84 Å². The lowest BCUT2D eigenvalue weighted by Crippen LogP contribution is -2.20. The van der Waals surface area contributed by atoms with Gasteiger partial charge in [-0.25, -0.2) is 4.68 Å². The fraction of sp³-hybridized carbons (Fsp3) is 0.421. The Kier molecular flexibility index (Phi) is 4.50. The van der Waals surface area contributed by atoms with E-state index in [0.717, 1.165) is 30.0 Å². The van der Waals surface area contributed by atoms with E-state index in [1.807, 2.05) is 28.7 Å². The van der Waals surface area contributed by atoms with E-state index in [4.69, 9.17) is 5.84 Å². The average molecular weight is 411 g/mol. The van der Waals surface area contributed by atoms with E-state index in [-0.39, 0.29) is 5.56 Å². The topological polar surface area (TPSA) is 109 Å². The predicted octanol–water partition coefficient (Wildman–Crippen LogP) is 2.23. The first-order valence-electron chi connectivity index (χ1n) is 9.80. The van der Waals surface area contributed by atoms with Gasteiger partial charge >= 0.3 is 0 Å². The van der Waals surface area contributed by atoms with E-state index < -0.39 is 0 Å². The molecule has 10 heteroatoms. The van der Waals surface area contributed by atoms with Crippen molar-refractivity contribution in [3.8, 4) is 0 Å². The molecule has 9 nitrogen and oxygen atoms in total. The summed E-state index contributed by atoms with van der Waals surface area (Å²) in [6.07, 6.45) is 5.96. The normalized spacial score (nSPS) is 15.5. The number of thioether (sulfide) groups is 1. The van der Waals surface area contributed by atoms with Crippen LogP contribution in [0.5, 0.6) is 0 Å². The Labute approximate surface area is 170 Å². The van der Waals surface area contributed by atoms with Crippen LogP contribution in [0.15, 0.2) is 34.2 Å². The van der Waals surface area contributed by atoms with Gasteiger partial charge in [0.05, 0.1) is 16.7 Å². The van der Waals surface area contributed by atoms with E-state index >= 15 is 0 Å². The molecule has 1 aromatic carbocycles. The molecule has 0 amide bonds. The van der Waals surface area contributed by atoms with Gasteiger partial charge < -0.3 is 5.84 Å². The van der Waals surface area contributed by atoms with E-state index in [0.29, 0.717) is 28.0 Å². The van der Waals surface area contributed by atoms with E-state index in [9.17, 15) is 4.79 Å². The molecule has 0 saturated heterocycles. The van der Waals surface area contributed by atoms with Gasteiger partial charge in [0.25, 0.3) is 5.56 Å². The third kappa shape index (κ3) is 2.98. The number of nitrogens with zero attached hydrogens (tertiary/aromatic N) is 7. The highest BCUT2D eigenvalue weighted by Gasteiger charge is 2.23. The largest absolute Gasteiger partial charge is 0.336 e. The molecule has 0 unspecified atom stereocenters. The van der Waals surface area contributed by atoms with E-state index in [1.165, 1.54) is 35.6 Å². The number of nitrogens with two attached hydrogens (primary N) is 1. The van der Waals surface area contributed by atoms with Gasteiger partial charge in [0.15, 0.2) is 5.82 Å². The van der Waals surface area contributed by atoms with Crippen LogP contribution in [0.1, 0.15) is 49.7 Å². The summed E-state index contributed by atoms with van der Waals surface area (Å²) in [4.78, 5) is 12.6. The standard InChI is InChI=1S/C19H22N8OS/c1-25-17(28)13-9-5-6-10-14(13)26-15(21-23-18(25)26)11-29-19-24-22-16(27(19)20)12-7-3-2-4-8-12/h5-6,9-10,12H,2-4,7-8,11,20H2,1H3. The summed E-state index contributed by atoms with van der Waals surface area (Å²) in [5.74, 6) is 9.33. The van der Waals surface area contributed by atoms with Crippen molar-refractivity contribution in [1.29, 1.82) is 0 Å². The van der Waals surface area contributed by atoms with Crippen LogP contribution in [0.4, 0.5) is 0 Å². The Morgan fingerprint density at radius 2 is 1.90 bits per heavy atom. The molecule has 0 radical (unpaired) electrons. The number of rotatable bonds is 4. The number of benzene rings is 1. The number of aromatic nitrogens is 7. The second-order valence-electron chi connectivity index (χ2n) is 7.47. The van der Waals surface area contributed by atoms with Gasteiger partial charge in [0.2, 0.25) is 10.9 Å². The average Bonchev–Trinajstić information content (AvgIpc) is 3.35. The van der Waals surface area contributed by atoms with Gasteiger partial charge in [-0.3, -0.25) is 13.8 Å². The molecule has 0 bridgehead atoms. The van der Waals surface area contributed by atoms with Crippen LogP contribution in [-0.4, -0.2) is 34.0 Å². The molecule has 0 spiro atoms. The van der Waals surface area contributed by atoms with Crippen LogP contribution in [0.2, 0.25) is 0 Å². The Morgan fingerprint density at radius 1 is 1.10 bits per heavy atom. The smallest absolute Gasteiger partial charge is 0.262 e. The summed E-state index contributed by atoms with van der Waals surface area (Å²) in [5.41, 5.74) is 0.710. The lowest BCUT2D eigenvalue weighted by Gasteiger charge is -2.20. The first-order chi connectivity index (χ1) is 14.1. The summed E-state index contributed by atoms with van der Waals surface area (Å²) < 4.78 is 5.07. The van der Waals surface area contributed by atoms with Crippen molar-refractivity contribution in [3.63, 3.8) is 0 Å². The van der Waals surface area contributed by atoms with Gasteiger partial charge in [-0.2, -0.15) is 0 Å². The maximum atomic E-state index is 12.6. The minimum absolute atomic E-state index is 0.0847. The Balaban J connectivity index is 1.48. The number of aryl methyl sites for hydroxylation is 1. The van der Waals surface area contributed by atoms with Crippen LogP contribution in [0, 0.1) is 0 Å². The molecule has 1 aliphatic carbocycles. The molecule has 5 rings (SSSR count). The highest BCUT2D eigenvalue weighted by Crippen LogP contribution is 2.32. The fourth-order valence-electron chi connectivity index (χ4n) is 4.14. The molecule has 3 aromatic heterocycles. The highest BCUT2D eigenvalue weighted by molar-refractivity contribution is 7.98. The molecule has 1 aliphatic rings. The van der Waals surface area contributed by atoms with Crippen molar-refractivity contribution >= 4 is 28.4 Å². The Morgan fingerprint density at radius 3 is 2.72 bits per heavy atom. The molecule has 1 fully saturated rings. The summed E-state index contributed by atoms with van der Waals surface area (Å²) >= 11 is 1.48. The molecule has 150 valence electrons. The zero-order valence-electron chi connectivity index (χ0n) is 16.2. The van der Waals surface area contributed by atoms with Crippen LogP contribution >= 0.6 is 11.8 Å². The summed E-state index contributed by atoms with van der Waals surface area (Å²) in [6, 6.07) is 7.50. The Bertz CT molecular complexity index is 1250. The fourth-order valence-corrected chi connectivity index (χ4v) is 4.92. The number of fused-ring (bicyclic) bond motifs is 3.